The Kier molecular flexibility index (Phi) is 5.24. The summed E-state index contributed by atoms with van der Waals surface area (Å²) in [6, 6.07) is 13.0. The van der Waals surface area contributed by atoms with E-state index in [0.29, 0.717) is 21.8 Å². The van der Waals surface area contributed by atoms with Crippen LogP contribution in [0.1, 0.15) is 15.9 Å². The number of nitrogens with zero attached hydrogens (tertiary/aromatic N) is 1. The van der Waals surface area contributed by atoms with Gasteiger partial charge in [-0.3, -0.25) is 15.0 Å². The number of hydrazine groups is 1. The number of carbonyl (C=O) groups excluding carboxylic acids is 2. The van der Waals surface area contributed by atoms with Crippen molar-refractivity contribution in [3.05, 3.63) is 64.6 Å². The third kappa shape index (κ3) is 3.87. The lowest BCUT2D eigenvalue weighted by Gasteiger charge is -2.15. The van der Waals surface area contributed by atoms with E-state index in [-0.39, 0.29) is 10.1 Å². The van der Waals surface area contributed by atoms with Gasteiger partial charge in [0.15, 0.2) is 4.32 Å². The first-order valence-corrected chi connectivity index (χ1v) is 8.72. The summed E-state index contributed by atoms with van der Waals surface area (Å²) in [5, 5.41) is 10.6. The topological polar surface area (TPSA) is 78.9 Å². The largest absolute Gasteiger partial charge is 0.508 e. The van der Waals surface area contributed by atoms with E-state index in [2.05, 4.69) is 5.43 Å². The molecule has 26 heavy (non-hydrogen) atoms. The molecule has 0 unspecified atom stereocenters. The quantitative estimate of drug-likeness (QED) is 0.621. The van der Waals surface area contributed by atoms with Crippen LogP contribution in [0, 0.1) is 0 Å². The lowest BCUT2D eigenvalue weighted by atomic mass is 10.2. The summed E-state index contributed by atoms with van der Waals surface area (Å²) in [6.45, 7) is 0. The predicted molar refractivity (Wildman–Crippen MR) is 104 cm³/mol. The van der Waals surface area contributed by atoms with Crippen LogP contribution in [-0.2, 0) is 4.79 Å². The standard InChI is InChI=1S/C18H14N2O4S2/c1-24-14-7-5-12(6-8-14)16(22)19-20-17(23)15(26-18(20)25)10-11-3-2-4-13(21)9-11/h2-10,21H,1H3,(H,19,22). The molecule has 0 bridgehead atoms. The third-order valence-corrected chi connectivity index (χ3v) is 4.83. The lowest BCUT2D eigenvalue weighted by Crippen LogP contribution is -2.44. The Morgan fingerprint density at radius 3 is 2.65 bits per heavy atom. The van der Waals surface area contributed by atoms with Crippen molar-refractivity contribution in [1.82, 2.24) is 10.4 Å². The van der Waals surface area contributed by atoms with Gasteiger partial charge in [-0.15, -0.1) is 0 Å². The number of thioether (sulfide) groups is 1. The van der Waals surface area contributed by atoms with Crippen molar-refractivity contribution in [3.63, 3.8) is 0 Å². The summed E-state index contributed by atoms with van der Waals surface area (Å²) in [5.41, 5.74) is 3.54. The highest BCUT2D eigenvalue weighted by molar-refractivity contribution is 8.26. The van der Waals surface area contributed by atoms with Gasteiger partial charge in [0.05, 0.1) is 12.0 Å². The van der Waals surface area contributed by atoms with E-state index in [9.17, 15) is 14.7 Å². The number of nitrogens with one attached hydrogen (secondary N) is 1. The zero-order valence-corrected chi connectivity index (χ0v) is 15.3. The Balaban J connectivity index is 1.75. The minimum absolute atomic E-state index is 0.0991. The maximum absolute atomic E-state index is 12.5. The highest BCUT2D eigenvalue weighted by atomic mass is 32.2. The summed E-state index contributed by atoms with van der Waals surface area (Å²) < 4.78 is 5.28. The Hall–Kier alpha value is -2.84. The van der Waals surface area contributed by atoms with Gasteiger partial charge in [-0.05, 0) is 60.3 Å². The zero-order valence-electron chi connectivity index (χ0n) is 13.6. The van der Waals surface area contributed by atoms with Gasteiger partial charge >= 0.3 is 0 Å². The van der Waals surface area contributed by atoms with Crippen molar-refractivity contribution >= 4 is 46.2 Å². The molecule has 3 rings (SSSR count). The minimum Gasteiger partial charge on any atom is -0.508 e. The first kappa shape index (κ1) is 18.0. The van der Waals surface area contributed by atoms with Crippen molar-refractivity contribution in [1.29, 1.82) is 0 Å². The number of aromatic hydroxyl groups is 1. The van der Waals surface area contributed by atoms with E-state index in [0.717, 1.165) is 16.8 Å². The molecule has 0 aliphatic carbocycles. The van der Waals surface area contributed by atoms with Crippen molar-refractivity contribution in [2.75, 3.05) is 7.11 Å². The molecule has 1 saturated heterocycles. The average molecular weight is 386 g/mol. The molecule has 2 N–H and O–H groups in total. The summed E-state index contributed by atoms with van der Waals surface area (Å²) >= 11 is 6.27. The van der Waals surface area contributed by atoms with E-state index in [4.69, 9.17) is 17.0 Å². The van der Waals surface area contributed by atoms with Gasteiger partial charge in [0.2, 0.25) is 0 Å². The molecule has 0 radical (unpaired) electrons. The van der Waals surface area contributed by atoms with Crippen molar-refractivity contribution in [2.45, 2.75) is 0 Å². The molecule has 0 atom stereocenters. The number of methoxy groups -OCH3 is 1. The molecule has 2 aromatic rings. The zero-order chi connectivity index (χ0) is 18.7. The summed E-state index contributed by atoms with van der Waals surface area (Å²) in [4.78, 5) is 25.2. The Bertz CT molecular complexity index is 910. The second kappa shape index (κ2) is 7.59. The van der Waals surface area contributed by atoms with Gasteiger partial charge in [-0.1, -0.05) is 23.9 Å². The fourth-order valence-electron chi connectivity index (χ4n) is 2.24. The highest BCUT2D eigenvalue weighted by Crippen LogP contribution is 2.31. The molecule has 8 heteroatoms. The number of hydrogen-bond acceptors (Lipinski definition) is 6. The molecule has 1 aliphatic rings. The average Bonchev–Trinajstić information content (AvgIpc) is 2.89. The van der Waals surface area contributed by atoms with Gasteiger partial charge in [0.1, 0.15) is 11.5 Å². The number of phenolic OH excluding ortho intramolecular Hbond substituents is 1. The Morgan fingerprint density at radius 1 is 1.27 bits per heavy atom. The van der Waals surface area contributed by atoms with Gasteiger partial charge in [-0.2, -0.15) is 5.01 Å². The summed E-state index contributed by atoms with van der Waals surface area (Å²) in [6.07, 6.45) is 1.61. The van der Waals surface area contributed by atoms with Crippen molar-refractivity contribution in [3.8, 4) is 11.5 Å². The minimum atomic E-state index is -0.456. The van der Waals surface area contributed by atoms with Crippen LogP contribution >= 0.6 is 24.0 Å². The SMILES string of the molecule is COc1ccc(C(=O)NN2C(=O)C(=Cc3cccc(O)c3)SC2=S)cc1. The second-order valence-electron chi connectivity index (χ2n) is 5.28. The molecular weight excluding hydrogens is 372 g/mol. The monoisotopic (exact) mass is 386 g/mol. The summed E-state index contributed by atoms with van der Waals surface area (Å²) in [7, 11) is 1.54. The molecule has 0 spiro atoms. The Labute approximate surface area is 159 Å². The number of hydrogen-bond donors (Lipinski definition) is 2. The summed E-state index contributed by atoms with van der Waals surface area (Å²) in [5.74, 6) is -0.156. The van der Waals surface area contributed by atoms with Crippen LogP contribution in [-0.4, -0.2) is 33.4 Å². The fraction of sp³-hybridized carbons (Fsp3) is 0.0556. The van der Waals surface area contributed by atoms with E-state index >= 15 is 0 Å². The smallest absolute Gasteiger partial charge is 0.285 e. The van der Waals surface area contributed by atoms with Crippen LogP contribution in [0.25, 0.3) is 6.08 Å². The maximum atomic E-state index is 12.5. The van der Waals surface area contributed by atoms with Gasteiger partial charge in [0, 0.05) is 5.56 Å². The van der Waals surface area contributed by atoms with Crippen LogP contribution < -0.4 is 10.2 Å². The number of amides is 2. The number of ether oxygens (including phenoxy) is 1. The number of thiocarbonyl (C=S) groups is 1. The molecule has 1 heterocycles. The first-order chi connectivity index (χ1) is 12.5. The molecular formula is C18H14N2O4S2. The highest BCUT2D eigenvalue weighted by Gasteiger charge is 2.33. The van der Waals surface area contributed by atoms with E-state index < -0.39 is 11.8 Å². The van der Waals surface area contributed by atoms with E-state index in [1.807, 2.05) is 0 Å². The molecule has 132 valence electrons. The van der Waals surface area contributed by atoms with Gasteiger partial charge in [-0.25, -0.2) is 0 Å². The number of benzene rings is 2. The molecule has 0 aromatic heterocycles. The van der Waals surface area contributed by atoms with Crippen LogP contribution in [0.5, 0.6) is 11.5 Å². The van der Waals surface area contributed by atoms with E-state index in [1.54, 1.807) is 42.5 Å². The van der Waals surface area contributed by atoms with Gasteiger partial charge < -0.3 is 9.84 Å². The van der Waals surface area contributed by atoms with Crippen LogP contribution in [0.4, 0.5) is 0 Å². The third-order valence-electron chi connectivity index (χ3n) is 3.53. The fourth-order valence-corrected chi connectivity index (χ4v) is 3.42. The molecule has 2 amide bonds. The van der Waals surface area contributed by atoms with Crippen LogP contribution in [0.3, 0.4) is 0 Å². The normalized spacial score (nSPS) is 15.4. The molecule has 0 saturated carbocycles. The maximum Gasteiger partial charge on any atom is 0.285 e. The molecule has 1 fully saturated rings. The molecule has 2 aromatic carbocycles. The number of carbonyl (C=O) groups is 2. The number of rotatable bonds is 4. The van der Waals surface area contributed by atoms with Gasteiger partial charge in [0.25, 0.3) is 11.8 Å². The predicted octanol–water partition coefficient (Wildman–Crippen LogP) is 2.95. The van der Waals surface area contributed by atoms with Crippen LogP contribution in [0.15, 0.2) is 53.4 Å². The number of phenols is 1. The second-order valence-corrected chi connectivity index (χ2v) is 6.96. The lowest BCUT2D eigenvalue weighted by molar-refractivity contribution is -0.123. The molecule has 6 nitrogen and oxygen atoms in total. The van der Waals surface area contributed by atoms with Crippen molar-refractivity contribution < 1.29 is 19.4 Å². The van der Waals surface area contributed by atoms with E-state index in [1.165, 1.54) is 19.2 Å². The Morgan fingerprint density at radius 2 is 2.00 bits per heavy atom. The first-order valence-electron chi connectivity index (χ1n) is 7.50. The van der Waals surface area contributed by atoms with Crippen LogP contribution in [0.2, 0.25) is 0 Å². The molecule has 1 aliphatic heterocycles. The van der Waals surface area contributed by atoms with Crippen molar-refractivity contribution in [2.24, 2.45) is 0 Å².